The van der Waals surface area contributed by atoms with Crippen molar-refractivity contribution in [3.05, 3.63) is 17.5 Å². The van der Waals surface area contributed by atoms with Crippen molar-refractivity contribution in [3.8, 4) is 0 Å². The number of hydrogen-bond donors (Lipinski definition) is 1. The lowest BCUT2D eigenvalue weighted by Gasteiger charge is -2.39. The summed E-state index contributed by atoms with van der Waals surface area (Å²) in [4.78, 5) is 37.4. The first-order chi connectivity index (χ1) is 12.0. The molecule has 3 rings (SSSR count). The number of aryl methyl sites for hydroxylation is 1. The molecule has 136 valence electrons. The molecule has 2 amide bonds. The van der Waals surface area contributed by atoms with Gasteiger partial charge in [-0.2, -0.15) is 0 Å². The molecule has 25 heavy (non-hydrogen) atoms. The van der Waals surface area contributed by atoms with Crippen LogP contribution >= 0.6 is 0 Å². The first-order valence-corrected chi connectivity index (χ1v) is 8.63. The van der Waals surface area contributed by atoms with E-state index in [0.29, 0.717) is 43.9 Å². The number of nitrogens with zero attached hydrogens (tertiary/aromatic N) is 4. The van der Waals surface area contributed by atoms with Gasteiger partial charge in [0.25, 0.3) is 5.91 Å². The van der Waals surface area contributed by atoms with Crippen LogP contribution in [0.4, 0.5) is 5.95 Å². The third-order valence-corrected chi connectivity index (χ3v) is 5.26. The maximum Gasteiger partial charge on any atom is 0.257 e. The second-order valence-corrected chi connectivity index (χ2v) is 6.87. The minimum absolute atomic E-state index is 0.129. The number of carbonyl (C=O) groups is 2. The summed E-state index contributed by atoms with van der Waals surface area (Å²) < 4.78 is 5.10. The fourth-order valence-electron chi connectivity index (χ4n) is 3.86. The molecule has 2 aliphatic heterocycles. The van der Waals surface area contributed by atoms with E-state index in [1.807, 2.05) is 4.90 Å². The largest absolute Gasteiger partial charge is 0.383 e. The zero-order chi connectivity index (χ0) is 18.0. The van der Waals surface area contributed by atoms with E-state index in [4.69, 9.17) is 10.5 Å². The summed E-state index contributed by atoms with van der Waals surface area (Å²) in [5, 5.41) is 0. The van der Waals surface area contributed by atoms with Gasteiger partial charge in [0.05, 0.1) is 23.3 Å². The normalized spacial score (nSPS) is 23.5. The lowest BCUT2D eigenvalue weighted by molar-refractivity contribution is -0.146. The number of amides is 2. The number of methoxy groups -OCH3 is 1. The van der Waals surface area contributed by atoms with Crippen LogP contribution in [0.5, 0.6) is 0 Å². The van der Waals surface area contributed by atoms with Crippen LogP contribution in [0.2, 0.25) is 0 Å². The Labute approximate surface area is 147 Å². The molecule has 0 unspecified atom stereocenters. The molecule has 1 atom stereocenters. The summed E-state index contributed by atoms with van der Waals surface area (Å²) in [5.41, 5.74) is 6.12. The van der Waals surface area contributed by atoms with Crippen LogP contribution in [0.3, 0.4) is 0 Å². The minimum atomic E-state index is -0.454. The number of nitrogens with two attached hydrogens (primary N) is 1. The highest BCUT2D eigenvalue weighted by atomic mass is 16.5. The first kappa shape index (κ1) is 17.6. The Morgan fingerprint density at radius 1 is 1.40 bits per heavy atom. The summed E-state index contributed by atoms with van der Waals surface area (Å²) in [7, 11) is 1.64. The average molecular weight is 347 g/mol. The average Bonchev–Trinajstić information content (AvgIpc) is 3.01. The second-order valence-electron chi connectivity index (χ2n) is 6.87. The van der Waals surface area contributed by atoms with E-state index in [9.17, 15) is 9.59 Å². The van der Waals surface area contributed by atoms with Crippen LogP contribution in [0.1, 0.15) is 35.3 Å². The predicted molar refractivity (Wildman–Crippen MR) is 91.8 cm³/mol. The van der Waals surface area contributed by atoms with Gasteiger partial charge in [0.1, 0.15) is 0 Å². The van der Waals surface area contributed by atoms with Crippen molar-refractivity contribution in [1.82, 2.24) is 19.8 Å². The maximum absolute atomic E-state index is 13.0. The SMILES string of the molecule is COCCN1CCC[C@]2(CCN(C(=O)c3cnc(N)nc3C)C2)C1=O. The van der Waals surface area contributed by atoms with Gasteiger partial charge in [-0.3, -0.25) is 9.59 Å². The van der Waals surface area contributed by atoms with Gasteiger partial charge in [-0.25, -0.2) is 9.97 Å². The Hall–Kier alpha value is -2.22. The number of anilines is 1. The Kier molecular flexibility index (Phi) is 4.89. The van der Waals surface area contributed by atoms with E-state index in [-0.39, 0.29) is 17.8 Å². The van der Waals surface area contributed by atoms with E-state index in [0.717, 1.165) is 19.4 Å². The molecule has 1 aromatic heterocycles. The highest BCUT2D eigenvalue weighted by Gasteiger charge is 2.49. The Morgan fingerprint density at radius 2 is 2.20 bits per heavy atom. The zero-order valence-electron chi connectivity index (χ0n) is 14.8. The molecular formula is C17H25N5O3. The summed E-state index contributed by atoms with van der Waals surface area (Å²) >= 11 is 0. The quantitative estimate of drug-likeness (QED) is 0.849. The first-order valence-electron chi connectivity index (χ1n) is 8.63. The van der Waals surface area contributed by atoms with E-state index in [1.165, 1.54) is 6.20 Å². The Morgan fingerprint density at radius 3 is 2.92 bits per heavy atom. The van der Waals surface area contributed by atoms with Gasteiger partial charge in [0, 0.05) is 39.5 Å². The molecule has 8 heteroatoms. The van der Waals surface area contributed by atoms with E-state index < -0.39 is 5.41 Å². The molecule has 3 heterocycles. The molecule has 2 N–H and O–H groups in total. The highest BCUT2D eigenvalue weighted by molar-refractivity contribution is 5.96. The molecule has 1 aromatic rings. The minimum Gasteiger partial charge on any atom is -0.383 e. The van der Waals surface area contributed by atoms with Crippen LogP contribution < -0.4 is 5.73 Å². The molecular weight excluding hydrogens is 322 g/mol. The standard InChI is InChI=1S/C17H25N5O3/c1-12-13(10-19-16(18)20-12)14(23)22-7-5-17(11-22)4-3-6-21(15(17)24)8-9-25-2/h10H,3-9,11H2,1-2H3,(H2,18,19,20)/t17-/m1/s1. The second kappa shape index (κ2) is 6.95. The van der Waals surface area contributed by atoms with E-state index in [2.05, 4.69) is 9.97 Å². The van der Waals surface area contributed by atoms with Crippen molar-refractivity contribution in [3.63, 3.8) is 0 Å². The van der Waals surface area contributed by atoms with Crippen LogP contribution in [-0.4, -0.2) is 71.5 Å². The van der Waals surface area contributed by atoms with Gasteiger partial charge in [0.2, 0.25) is 11.9 Å². The fourth-order valence-corrected chi connectivity index (χ4v) is 3.86. The highest BCUT2D eigenvalue weighted by Crippen LogP contribution is 2.40. The summed E-state index contributed by atoms with van der Waals surface area (Å²) in [6.07, 6.45) is 3.96. The number of hydrogen-bond acceptors (Lipinski definition) is 6. The molecule has 8 nitrogen and oxygen atoms in total. The Bertz CT molecular complexity index is 680. The molecule has 2 saturated heterocycles. The van der Waals surface area contributed by atoms with Crippen molar-refractivity contribution in [2.75, 3.05) is 45.6 Å². The summed E-state index contributed by atoms with van der Waals surface area (Å²) in [6, 6.07) is 0. The van der Waals surface area contributed by atoms with Gasteiger partial charge in [-0.15, -0.1) is 0 Å². The van der Waals surface area contributed by atoms with Crippen molar-refractivity contribution in [2.24, 2.45) is 5.41 Å². The zero-order valence-corrected chi connectivity index (χ0v) is 14.8. The topological polar surface area (TPSA) is 102 Å². The van der Waals surface area contributed by atoms with Gasteiger partial charge < -0.3 is 20.3 Å². The van der Waals surface area contributed by atoms with E-state index >= 15 is 0 Å². The molecule has 0 saturated carbocycles. The van der Waals surface area contributed by atoms with Gasteiger partial charge in [-0.05, 0) is 26.2 Å². The molecule has 2 fully saturated rings. The third kappa shape index (κ3) is 3.30. The number of aromatic nitrogens is 2. The van der Waals surface area contributed by atoms with Crippen molar-refractivity contribution < 1.29 is 14.3 Å². The number of nitrogen functional groups attached to an aromatic ring is 1. The van der Waals surface area contributed by atoms with Crippen LogP contribution in [0.15, 0.2) is 6.20 Å². The lowest BCUT2D eigenvalue weighted by Crippen LogP contribution is -2.51. The number of ether oxygens (including phenoxy) is 1. The van der Waals surface area contributed by atoms with Crippen molar-refractivity contribution >= 4 is 17.8 Å². The van der Waals surface area contributed by atoms with Crippen molar-refractivity contribution in [1.29, 1.82) is 0 Å². The summed E-state index contributed by atoms with van der Waals surface area (Å²) in [5.74, 6) is 0.177. The fraction of sp³-hybridized carbons (Fsp3) is 0.647. The smallest absolute Gasteiger partial charge is 0.257 e. The monoisotopic (exact) mass is 347 g/mol. The van der Waals surface area contributed by atoms with Gasteiger partial charge in [0.15, 0.2) is 0 Å². The van der Waals surface area contributed by atoms with Crippen LogP contribution in [0, 0.1) is 12.3 Å². The lowest BCUT2D eigenvalue weighted by atomic mass is 9.78. The van der Waals surface area contributed by atoms with E-state index in [1.54, 1.807) is 18.9 Å². The molecule has 0 radical (unpaired) electrons. The number of rotatable bonds is 4. The van der Waals surface area contributed by atoms with Crippen LogP contribution in [0.25, 0.3) is 0 Å². The molecule has 2 aliphatic rings. The molecule has 0 bridgehead atoms. The number of carbonyl (C=O) groups excluding carboxylic acids is 2. The predicted octanol–water partition coefficient (Wildman–Crippen LogP) is 0.468. The van der Waals surface area contributed by atoms with Crippen molar-refractivity contribution in [2.45, 2.75) is 26.2 Å². The molecule has 1 spiro atoms. The van der Waals surface area contributed by atoms with Gasteiger partial charge >= 0.3 is 0 Å². The van der Waals surface area contributed by atoms with Gasteiger partial charge in [-0.1, -0.05) is 0 Å². The maximum atomic E-state index is 13.0. The third-order valence-electron chi connectivity index (χ3n) is 5.26. The number of piperidine rings is 1. The molecule has 0 aromatic carbocycles. The van der Waals surface area contributed by atoms with Crippen LogP contribution in [-0.2, 0) is 9.53 Å². The Balaban J connectivity index is 1.73. The summed E-state index contributed by atoms with van der Waals surface area (Å²) in [6.45, 7) is 4.69. The molecule has 0 aliphatic carbocycles. The number of likely N-dealkylation sites (tertiary alicyclic amines) is 2.